The lowest BCUT2D eigenvalue weighted by atomic mass is 10.2. The minimum atomic E-state index is -4.89. The monoisotopic (exact) mass is 485 g/mol. The van der Waals surface area contributed by atoms with Gasteiger partial charge in [0, 0.05) is 17.7 Å². The number of nitrogens with zero attached hydrogens (tertiary/aromatic N) is 1. The number of sulfonamides is 1. The van der Waals surface area contributed by atoms with Crippen molar-refractivity contribution in [3.05, 3.63) is 59.7 Å². The standard InChI is InChI=1S/C20H18F3N3O6S/c1-12(25-18-14-7-3-5-9-16(14)33(29,30)26-18)19(28)31-11-17(27)24-10-13-6-2-4-8-15(13)32-20(21,22)23/h2-9,12H,10-11H2,1H3,(H,24,27)(H,25,26)/t12-/m0/s1. The number of benzene rings is 2. The minimum absolute atomic E-state index is 0.0264. The topological polar surface area (TPSA) is 123 Å². The molecule has 0 aliphatic carbocycles. The fourth-order valence-corrected chi connectivity index (χ4v) is 4.09. The Kier molecular flexibility index (Phi) is 6.91. The Morgan fingerprint density at radius 3 is 2.52 bits per heavy atom. The number of hydrogen-bond donors (Lipinski definition) is 2. The van der Waals surface area contributed by atoms with Crippen LogP contribution in [0.2, 0.25) is 0 Å². The van der Waals surface area contributed by atoms with Crippen LogP contribution in [0.3, 0.4) is 0 Å². The van der Waals surface area contributed by atoms with E-state index < -0.39 is 46.7 Å². The SMILES string of the molecule is C[C@H](N=C1NS(=O)(=O)c2ccccc21)C(=O)OCC(=O)NCc1ccccc1OC(F)(F)F. The van der Waals surface area contributed by atoms with E-state index in [9.17, 15) is 31.2 Å². The second-order valence-electron chi connectivity index (χ2n) is 6.80. The van der Waals surface area contributed by atoms with Gasteiger partial charge in [0.05, 0.1) is 4.90 Å². The number of ether oxygens (including phenoxy) is 2. The average Bonchev–Trinajstić information content (AvgIpc) is 3.00. The van der Waals surface area contributed by atoms with E-state index in [0.29, 0.717) is 5.56 Å². The maximum Gasteiger partial charge on any atom is 0.573 e. The predicted molar refractivity (Wildman–Crippen MR) is 109 cm³/mol. The Morgan fingerprint density at radius 1 is 1.12 bits per heavy atom. The zero-order valence-electron chi connectivity index (χ0n) is 17.0. The molecule has 2 aromatic carbocycles. The van der Waals surface area contributed by atoms with Gasteiger partial charge in [0.2, 0.25) is 0 Å². The van der Waals surface area contributed by atoms with Crippen molar-refractivity contribution >= 4 is 27.7 Å². The molecule has 0 radical (unpaired) electrons. The number of alkyl halides is 3. The zero-order chi connectivity index (χ0) is 24.2. The average molecular weight is 485 g/mol. The van der Waals surface area contributed by atoms with Gasteiger partial charge in [-0.1, -0.05) is 30.3 Å². The van der Waals surface area contributed by atoms with Crippen LogP contribution in [0.5, 0.6) is 5.75 Å². The highest BCUT2D eigenvalue weighted by Crippen LogP contribution is 2.26. The van der Waals surface area contributed by atoms with Crippen molar-refractivity contribution in [2.45, 2.75) is 30.8 Å². The highest BCUT2D eigenvalue weighted by Gasteiger charge is 2.32. The quantitative estimate of drug-likeness (QED) is 0.578. The fourth-order valence-electron chi connectivity index (χ4n) is 2.85. The first-order valence-corrected chi connectivity index (χ1v) is 10.9. The largest absolute Gasteiger partial charge is 0.573 e. The number of aliphatic imine (C=N–C) groups is 1. The summed E-state index contributed by atoms with van der Waals surface area (Å²) >= 11 is 0. The van der Waals surface area contributed by atoms with Gasteiger partial charge in [-0.2, -0.15) is 0 Å². The summed E-state index contributed by atoms with van der Waals surface area (Å²) in [7, 11) is -3.78. The first-order chi connectivity index (χ1) is 15.5. The highest BCUT2D eigenvalue weighted by molar-refractivity contribution is 7.90. The molecule has 0 bridgehead atoms. The number of carbonyl (C=O) groups excluding carboxylic acids is 2. The molecule has 2 N–H and O–H groups in total. The molecule has 13 heteroatoms. The molecule has 1 atom stereocenters. The predicted octanol–water partition coefficient (Wildman–Crippen LogP) is 1.87. The molecule has 0 aromatic heterocycles. The van der Waals surface area contributed by atoms with Crippen molar-refractivity contribution in [2.24, 2.45) is 4.99 Å². The van der Waals surface area contributed by atoms with Crippen molar-refractivity contribution < 1.29 is 40.7 Å². The van der Waals surface area contributed by atoms with E-state index in [4.69, 9.17) is 4.74 Å². The molecule has 0 saturated carbocycles. The lowest BCUT2D eigenvalue weighted by Crippen LogP contribution is -2.31. The number of carbonyl (C=O) groups is 2. The lowest BCUT2D eigenvalue weighted by molar-refractivity contribution is -0.274. The number of halogens is 3. The molecule has 3 rings (SSSR count). The van der Waals surface area contributed by atoms with E-state index in [1.54, 1.807) is 12.1 Å². The molecule has 1 aliphatic rings. The zero-order valence-corrected chi connectivity index (χ0v) is 17.9. The molecular weight excluding hydrogens is 467 g/mol. The third-order valence-corrected chi connectivity index (χ3v) is 5.74. The molecular formula is C20H18F3N3O6S. The summed E-state index contributed by atoms with van der Waals surface area (Å²) in [4.78, 5) is 28.2. The second-order valence-corrected chi connectivity index (χ2v) is 8.45. The van der Waals surface area contributed by atoms with Gasteiger partial charge in [0.25, 0.3) is 15.9 Å². The molecule has 33 heavy (non-hydrogen) atoms. The number of hydrogen-bond acceptors (Lipinski definition) is 7. The first-order valence-electron chi connectivity index (χ1n) is 9.43. The van der Waals surface area contributed by atoms with E-state index in [-0.39, 0.29) is 22.8 Å². The van der Waals surface area contributed by atoms with E-state index >= 15 is 0 Å². The summed E-state index contributed by atoms with van der Waals surface area (Å²) in [6.07, 6.45) is -4.89. The number of rotatable bonds is 7. The number of esters is 1. The van der Waals surface area contributed by atoms with Crippen LogP contribution in [0.25, 0.3) is 0 Å². The summed E-state index contributed by atoms with van der Waals surface area (Å²) in [5.74, 6) is -2.16. The first kappa shape index (κ1) is 24.0. The van der Waals surface area contributed by atoms with Crippen molar-refractivity contribution in [1.82, 2.24) is 10.0 Å². The third-order valence-electron chi connectivity index (χ3n) is 4.35. The van der Waals surface area contributed by atoms with Gasteiger partial charge in [-0.15, -0.1) is 13.2 Å². The van der Waals surface area contributed by atoms with E-state index in [1.807, 2.05) is 0 Å². The smallest absolute Gasteiger partial charge is 0.454 e. The van der Waals surface area contributed by atoms with Crippen LogP contribution in [0.1, 0.15) is 18.1 Å². The van der Waals surface area contributed by atoms with Crippen LogP contribution in [-0.4, -0.2) is 45.1 Å². The second kappa shape index (κ2) is 9.48. The van der Waals surface area contributed by atoms with Crippen LogP contribution < -0.4 is 14.8 Å². The fraction of sp³-hybridized carbons (Fsp3) is 0.250. The van der Waals surface area contributed by atoms with Gasteiger partial charge in [0.1, 0.15) is 17.6 Å². The van der Waals surface area contributed by atoms with E-state index in [0.717, 1.165) is 6.07 Å². The Bertz CT molecular complexity index is 1200. The molecule has 1 heterocycles. The van der Waals surface area contributed by atoms with Gasteiger partial charge in [-0.05, 0) is 25.1 Å². The Balaban J connectivity index is 1.55. The Labute approximate surface area is 186 Å². The maximum atomic E-state index is 12.5. The highest BCUT2D eigenvalue weighted by atomic mass is 32.2. The molecule has 0 unspecified atom stereocenters. The van der Waals surface area contributed by atoms with Crippen LogP contribution >= 0.6 is 0 Å². The van der Waals surface area contributed by atoms with Gasteiger partial charge in [-0.3, -0.25) is 14.5 Å². The van der Waals surface area contributed by atoms with Crippen molar-refractivity contribution in [3.8, 4) is 5.75 Å². The summed E-state index contributed by atoms with van der Waals surface area (Å²) in [5.41, 5.74) is 0.371. The summed E-state index contributed by atoms with van der Waals surface area (Å²) in [6.45, 7) is 0.352. The molecule has 0 saturated heterocycles. The van der Waals surface area contributed by atoms with Crippen molar-refractivity contribution in [2.75, 3.05) is 6.61 Å². The van der Waals surface area contributed by atoms with Gasteiger partial charge >= 0.3 is 12.3 Å². The summed E-state index contributed by atoms with van der Waals surface area (Å²) in [6, 6.07) is 10.2. The summed E-state index contributed by atoms with van der Waals surface area (Å²) in [5, 5.41) is 2.33. The summed E-state index contributed by atoms with van der Waals surface area (Å²) < 4.78 is 72.6. The molecule has 0 fully saturated rings. The molecule has 1 amide bonds. The van der Waals surface area contributed by atoms with E-state index in [2.05, 4.69) is 19.8 Å². The van der Waals surface area contributed by atoms with Crippen LogP contribution in [-0.2, 0) is 30.9 Å². The van der Waals surface area contributed by atoms with Crippen LogP contribution in [0.15, 0.2) is 58.4 Å². The molecule has 1 aliphatic heterocycles. The van der Waals surface area contributed by atoms with Gasteiger partial charge in [-0.25, -0.2) is 13.2 Å². The molecule has 2 aromatic rings. The number of amidine groups is 1. The number of fused-ring (bicyclic) bond motifs is 1. The minimum Gasteiger partial charge on any atom is -0.454 e. The Morgan fingerprint density at radius 2 is 1.79 bits per heavy atom. The van der Waals surface area contributed by atoms with Crippen molar-refractivity contribution in [1.29, 1.82) is 0 Å². The van der Waals surface area contributed by atoms with Crippen LogP contribution in [0, 0.1) is 0 Å². The third kappa shape index (κ3) is 6.22. The molecule has 176 valence electrons. The van der Waals surface area contributed by atoms with Crippen molar-refractivity contribution in [3.63, 3.8) is 0 Å². The van der Waals surface area contributed by atoms with Gasteiger partial charge < -0.3 is 14.8 Å². The van der Waals surface area contributed by atoms with Gasteiger partial charge in [0.15, 0.2) is 6.61 Å². The molecule has 0 spiro atoms. The van der Waals surface area contributed by atoms with E-state index in [1.165, 1.54) is 37.3 Å². The van der Waals surface area contributed by atoms with Crippen LogP contribution in [0.4, 0.5) is 13.2 Å². The number of para-hydroxylation sites is 1. The Hall–Kier alpha value is -3.61. The maximum absolute atomic E-state index is 12.5. The normalized spacial score (nSPS) is 16.4. The molecule has 9 nitrogen and oxygen atoms in total. The number of nitrogens with one attached hydrogen (secondary N) is 2. The lowest BCUT2D eigenvalue weighted by Gasteiger charge is -2.14. The number of amides is 1.